The van der Waals surface area contributed by atoms with Crippen LogP contribution in [-0.2, 0) is 0 Å². The van der Waals surface area contributed by atoms with Crippen molar-refractivity contribution in [2.45, 2.75) is 32.6 Å². The van der Waals surface area contributed by atoms with Crippen molar-refractivity contribution in [3.63, 3.8) is 0 Å². The maximum atomic E-state index is 12.5. The zero-order valence-electron chi connectivity index (χ0n) is 12.3. The number of carbonyl (C=O) groups is 1. The number of carbonyl (C=O) groups excluding carboxylic acids is 1. The molecule has 3 nitrogen and oxygen atoms in total. The number of rotatable bonds is 1. The van der Waals surface area contributed by atoms with E-state index in [9.17, 15) is 4.79 Å². The third-order valence-electron chi connectivity index (χ3n) is 4.97. The van der Waals surface area contributed by atoms with E-state index in [1.807, 2.05) is 29.2 Å². The summed E-state index contributed by atoms with van der Waals surface area (Å²) >= 11 is 0. The van der Waals surface area contributed by atoms with E-state index in [0.29, 0.717) is 5.41 Å². The third-order valence-corrected chi connectivity index (χ3v) is 4.97. The fourth-order valence-electron chi connectivity index (χ4n) is 3.52. The van der Waals surface area contributed by atoms with Gasteiger partial charge in [0.25, 0.3) is 5.91 Å². The Hall–Kier alpha value is -1.35. The number of benzene rings is 1. The minimum atomic E-state index is 0.198. The third kappa shape index (κ3) is 2.73. The normalized spacial score (nSPS) is 21.9. The largest absolute Gasteiger partial charge is 0.339 e. The lowest BCUT2D eigenvalue weighted by Crippen LogP contribution is -2.49. The molecule has 0 bridgehead atoms. The average molecular weight is 272 g/mol. The summed E-state index contributed by atoms with van der Waals surface area (Å²) in [6, 6.07) is 7.93. The number of nitrogens with one attached hydrogen (secondary N) is 1. The van der Waals surface area contributed by atoms with Gasteiger partial charge in [-0.1, -0.05) is 17.7 Å². The molecule has 0 aliphatic carbocycles. The van der Waals surface area contributed by atoms with Crippen LogP contribution < -0.4 is 5.32 Å². The number of hydrogen-bond donors (Lipinski definition) is 1. The topological polar surface area (TPSA) is 32.3 Å². The first-order chi connectivity index (χ1) is 9.69. The van der Waals surface area contributed by atoms with Crippen molar-refractivity contribution in [2.75, 3.05) is 26.2 Å². The number of aryl methyl sites for hydroxylation is 1. The maximum absolute atomic E-state index is 12.5. The molecule has 2 saturated heterocycles. The molecule has 1 aromatic rings. The molecule has 0 radical (unpaired) electrons. The second-order valence-electron chi connectivity index (χ2n) is 6.44. The van der Waals surface area contributed by atoms with Crippen molar-refractivity contribution in [3.8, 4) is 0 Å². The molecule has 0 aromatic heterocycles. The average Bonchev–Trinajstić information content (AvgIpc) is 2.49. The molecule has 3 rings (SSSR count). The Morgan fingerprint density at radius 1 is 1.15 bits per heavy atom. The Balaban J connectivity index is 1.62. The first-order valence-corrected chi connectivity index (χ1v) is 7.75. The van der Waals surface area contributed by atoms with Gasteiger partial charge in [0.15, 0.2) is 0 Å². The molecule has 2 aliphatic heterocycles. The van der Waals surface area contributed by atoms with Crippen LogP contribution in [0.15, 0.2) is 24.3 Å². The molecule has 108 valence electrons. The smallest absolute Gasteiger partial charge is 0.253 e. The molecular weight excluding hydrogens is 248 g/mol. The lowest BCUT2D eigenvalue weighted by atomic mass is 9.73. The maximum Gasteiger partial charge on any atom is 0.253 e. The first-order valence-electron chi connectivity index (χ1n) is 7.75. The van der Waals surface area contributed by atoms with Gasteiger partial charge in [0.2, 0.25) is 0 Å². The van der Waals surface area contributed by atoms with Crippen LogP contribution in [0.2, 0.25) is 0 Å². The summed E-state index contributed by atoms with van der Waals surface area (Å²) in [5.74, 6) is 0.198. The number of likely N-dealkylation sites (tertiary alicyclic amines) is 1. The Bertz CT molecular complexity index is 464. The number of nitrogens with zero attached hydrogens (tertiary/aromatic N) is 1. The number of hydrogen-bond acceptors (Lipinski definition) is 2. The Morgan fingerprint density at radius 3 is 2.45 bits per heavy atom. The zero-order valence-corrected chi connectivity index (χ0v) is 12.3. The fraction of sp³-hybridized carbons (Fsp3) is 0.588. The molecule has 20 heavy (non-hydrogen) atoms. The highest BCUT2D eigenvalue weighted by Crippen LogP contribution is 2.37. The summed E-state index contributed by atoms with van der Waals surface area (Å²) in [4.78, 5) is 14.5. The lowest BCUT2D eigenvalue weighted by molar-refractivity contribution is 0.0513. The van der Waals surface area contributed by atoms with E-state index in [1.165, 1.54) is 18.4 Å². The van der Waals surface area contributed by atoms with Gasteiger partial charge in [-0.05, 0) is 56.7 Å². The van der Waals surface area contributed by atoms with Gasteiger partial charge < -0.3 is 10.2 Å². The van der Waals surface area contributed by atoms with Crippen LogP contribution in [0.25, 0.3) is 0 Å². The highest BCUT2D eigenvalue weighted by molar-refractivity contribution is 5.94. The summed E-state index contributed by atoms with van der Waals surface area (Å²) in [5, 5.41) is 3.52. The van der Waals surface area contributed by atoms with Crippen LogP contribution in [0, 0.1) is 12.3 Å². The SMILES string of the molecule is Cc1ccc(C(=O)N2CCC3(CCCNC3)CC2)cc1. The fourth-order valence-corrected chi connectivity index (χ4v) is 3.52. The van der Waals surface area contributed by atoms with E-state index in [0.717, 1.165) is 44.6 Å². The Kier molecular flexibility index (Phi) is 3.79. The molecule has 1 aromatic carbocycles. The van der Waals surface area contributed by atoms with Gasteiger partial charge in [-0.25, -0.2) is 0 Å². The molecule has 1 N–H and O–H groups in total. The van der Waals surface area contributed by atoms with Gasteiger partial charge in [0.1, 0.15) is 0 Å². The lowest BCUT2D eigenvalue weighted by Gasteiger charge is -2.44. The predicted molar refractivity (Wildman–Crippen MR) is 80.9 cm³/mol. The minimum absolute atomic E-state index is 0.198. The summed E-state index contributed by atoms with van der Waals surface area (Å²) in [6.07, 6.45) is 4.91. The van der Waals surface area contributed by atoms with Crippen LogP contribution >= 0.6 is 0 Å². The first kappa shape index (κ1) is 13.6. The highest BCUT2D eigenvalue weighted by atomic mass is 16.2. The molecule has 2 aliphatic rings. The van der Waals surface area contributed by atoms with Crippen molar-refractivity contribution in [3.05, 3.63) is 35.4 Å². The van der Waals surface area contributed by atoms with E-state index in [-0.39, 0.29) is 5.91 Å². The molecular formula is C17H24N2O. The molecule has 1 spiro atoms. The standard InChI is InChI=1S/C17H24N2O/c1-14-3-5-15(6-4-14)16(20)19-11-8-17(9-12-19)7-2-10-18-13-17/h3-6,18H,2,7-13H2,1H3. The van der Waals surface area contributed by atoms with E-state index >= 15 is 0 Å². The monoisotopic (exact) mass is 272 g/mol. The molecule has 2 fully saturated rings. The van der Waals surface area contributed by atoms with Gasteiger partial charge in [-0.3, -0.25) is 4.79 Å². The number of piperidine rings is 2. The van der Waals surface area contributed by atoms with Gasteiger partial charge in [-0.2, -0.15) is 0 Å². The van der Waals surface area contributed by atoms with E-state index < -0.39 is 0 Å². The minimum Gasteiger partial charge on any atom is -0.339 e. The Morgan fingerprint density at radius 2 is 1.85 bits per heavy atom. The summed E-state index contributed by atoms with van der Waals surface area (Å²) in [5.41, 5.74) is 2.49. The summed E-state index contributed by atoms with van der Waals surface area (Å²) in [7, 11) is 0. The van der Waals surface area contributed by atoms with Crippen molar-refractivity contribution in [1.82, 2.24) is 10.2 Å². The second kappa shape index (κ2) is 5.57. The summed E-state index contributed by atoms with van der Waals surface area (Å²) < 4.78 is 0. The van der Waals surface area contributed by atoms with E-state index in [1.54, 1.807) is 0 Å². The van der Waals surface area contributed by atoms with Crippen LogP contribution in [0.1, 0.15) is 41.6 Å². The zero-order chi connectivity index (χ0) is 14.0. The quantitative estimate of drug-likeness (QED) is 0.852. The molecule has 0 unspecified atom stereocenters. The molecule has 3 heteroatoms. The number of amides is 1. The van der Waals surface area contributed by atoms with Crippen molar-refractivity contribution < 1.29 is 4.79 Å². The van der Waals surface area contributed by atoms with Crippen LogP contribution in [0.3, 0.4) is 0 Å². The molecule has 0 atom stereocenters. The molecule has 2 heterocycles. The molecule has 0 saturated carbocycles. The van der Waals surface area contributed by atoms with Crippen LogP contribution in [-0.4, -0.2) is 37.0 Å². The second-order valence-corrected chi connectivity index (χ2v) is 6.44. The van der Waals surface area contributed by atoms with Crippen LogP contribution in [0.5, 0.6) is 0 Å². The van der Waals surface area contributed by atoms with Gasteiger partial charge in [-0.15, -0.1) is 0 Å². The highest BCUT2D eigenvalue weighted by Gasteiger charge is 2.36. The van der Waals surface area contributed by atoms with Gasteiger partial charge >= 0.3 is 0 Å². The van der Waals surface area contributed by atoms with Gasteiger partial charge in [0, 0.05) is 25.2 Å². The van der Waals surface area contributed by atoms with Crippen molar-refractivity contribution in [1.29, 1.82) is 0 Å². The Labute approximate surface area is 121 Å². The molecule has 1 amide bonds. The van der Waals surface area contributed by atoms with Crippen LogP contribution in [0.4, 0.5) is 0 Å². The predicted octanol–water partition coefficient (Wildman–Crippen LogP) is 2.60. The van der Waals surface area contributed by atoms with Crippen molar-refractivity contribution in [2.24, 2.45) is 5.41 Å². The van der Waals surface area contributed by atoms with Gasteiger partial charge in [0.05, 0.1) is 0 Å². The van der Waals surface area contributed by atoms with E-state index in [2.05, 4.69) is 12.2 Å². The summed E-state index contributed by atoms with van der Waals surface area (Å²) in [6.45, 7) is 6.17. The van der Waals surface area contributed by atoms with E-state index in [4.69, 9.17) is 0 Å². The van der Waals surface area contributed by atoms with Crippen molar-refractivity contribution >= 4 is 5.91 Å².